The Balaban J connectivity index is 1.08. The van der Waals surface area contributed by atoms with Crippen LogP contribution in [0, 0.1) is 0 Å². The van der Waals surface area contributed by atoms with Crippen LogP contribution < -0.4 is 10.2 Å². The van der Waals surface area contributed by atoms with E-state index in [0.29, 0.717) is 6.42 Å². The number of carbonyl (C=O) groups is 1. The number of nitrogens with zero attached hydrogens (tertiary/aromatic N) is 3. The van der Waals surface area contributed by atoms with E-state index in [1.54, 1.807) is 6.26 Å². The van der Waals surface area contributed by atoms with Crippen LogP contribution in [-0.2, 0) is 30.5 Å². The lowest BCUT2D eigenvalue weighted by Gasteiger charge is -2.37. The third-order valence-electron chi connectivity index (χ3n) is 7.58. The lowest BCUT2D eigenvalue weighted by atomic mass is 10.0. The number of aromatic nitrogens is 1. The maximum Gasteiger partial charge on any atom is 0.228 e. The molecule has 0 saturated carbocycles. The van der Waals surface area contributed by atoms with E-state index in [4.69, 9.17) is 4.42 Å². The zero-order chi connectivity index (χ0) is 24.3. The predicted octanol–water partition coefficient (Wildman–Crippen LogP) is 4.86. The van der Waals surface area contributed by atoms with Crippen LogP contribution in [0.25, 0.3) is 11.0 Å². The highest BCUT2D eigenvalue weighted by Crippen LogP contribution is 2.31. The number of carbonyl (C=O) groups excluding carboxylic acids is 1. The van der Waals surface area contributed by atoms with Gasteiger partial charge in [0, 0.05) is 56.1 Å². The molecule has 0 unspecified atom stereocenters. The number of anilines is 2. The van der Waals surface area contributed by atoms with Crippen molar-refractivity contribution in [2.24, 2.45) is 0 Å². The molecule has 0 spiro atoms. The highest BCUT2D eigenvalue weighted by atomic mass is 16.3. The number of hydrogen-bond donors (Lipinski definition) is 1. The van der Waals surface area contributed by atoms with E-state index in [-0.39, 0.29) is 5.91 Å². The fourth-order valence-corrected chi connectivity index (χ4v) is 5.56. The molecule has 1 aliphatic heterocycles. The van der Waals surface area contributed by atoms with Gasteiger partial charge in [-0.3, -0.25) is 14.7 Å². The highest BCUT2D eigenvalue weighted by molar-refractivity contribution is 5.98. The van der Waals surface area contributed by atoms with Crippen molar-refractivity contribution in [1.29, 1.82) is 0 Å². The van der Waals surface area contributed by atoms with Gasteiger partial charge in [0.05, 0.1) is 24.1 Å². The molecule has 36 heavy (non-hydrogen) atoms. The lowest BCUT2D eigenvalue weighted by Crippen LogP contribution is -2.47. The van der Waals surface area contributed by atoms with Gasteiger partial charge in [-0.15, -0.1) is 0 Å². The normalized spacial score (nSPS) is 15.8. The van der Waals surface area contributed by atoms with E-state index >= 15 is 0 Å². The minimum Gasteiger partial charge on any atom is -0.464 e. The Labute approximate surface area is 211 Å². The molecule has 6 nitrogen and oxygen atoms in total. The SMILES string of the molecule is O=C(Cc1coc2cc3c(cc12)CCC3)Nc1ccccc1N1CCN(CCc2ccncc2)CC1. The van der Waals surface area contributed by atoms with Crippen molar-refractivity contribution in [3.05, 3.63) is 89.4 Å². The largest absolute Gasteiger partial charge is 0.464 e. The summed E-state index contributed by atoms with van der Waals surface area (Å²) in [5.74, 6) is -0.0124. The van der Waals surface area contributed by atoms with E-state index in [9.17, 15) is 4.79 Å². The van der Waals surface area contributed by atoms with Crippen LogP contribution in [-0.4, -0.2) is 48.5 Å². The molecule has 1 fully saturated rings. The second-order valence-electron chi connectivity index (χ2n) is 9.91. The first-order chi connectivity index (χ1) is 17.7. The molecule has 0 radical (unpaired) electrons. The Morgan fingerprint density at radius 1 is 0.972 bits per heavy atom. The Bertz CT molecular complexity index is 1360. The second-order valence-corrected chi connectivity index (χ2v) is 9.91. The zero-order valence-electron chi connectivity index (χ0n) is 20.6. The van der Waals surface area contributed by atoms with Gasteiger partial charge in [-0.1, -0.05) is 12.1 Å². The van der Waals surface area contributed by atoms with Gasteiger partial charge >= 0.3 is 0 Å². The Morgan fingerprint density at radius 2 is 1.75 bits per heavy atom. The number of hydrogen-bond acceptors (Lipinski definition) is 5. The molecule has 1 saturated heterocycles. The number of para-hydroxylation sites is 2. The van der Waals surface area contributed by atoms with Crippen LogP contribution in [0.2, 0.25) is 0 Å². The summed E-state index contributed by atoms with van der Waals surface area (Å²) in [6, 6.07) is 16.7. The van der Waals surface area contributed by atoms with Crippen LogP contribution in [0.5, 0.6) is 0 Å². The molecular formula is C30H32N4O2. The third-order valence-corrected chi connectivity index (χ3v) is 7.58. The quantitative estimate of drug-likeness (QED) is 0.409. The van der Waals surface area contributed by atoms with Gasteiger partial charge in [-0.2, -0.15) is 0 Å². The third kappa shape index (κ3) is 4.86. The zero-order valence-corrected chi connectivity index (χ0v) is 20.6. The van der Waals surface area contributed by atoms with E-state index in [1.165, 1.54) is 23.1 Å². The summed E-state index contributed by atoms with van der Waals surface area (Å²) in [4.78, 5) is 22.1. The average molecular weight is 481 g/mol. The van der Waals surface area contributed by atoms with Crippen LogP contribution in [0.3, 0.4) is 0 Å². The Kier molecular flexibility index (Phi) is 6.43. The van der Waals surface area contributed by atoms with Crippen LogP contribution >= 0.6 is 0 Å². The molecule has 4 aromatic rings. The molecule has 0 bridgehead atoms. The lowest BCUT2D eigenvalue weighted by molar-refractivity contribution is -0.115. The van der Waals surface area contributed by atoms with Crippen molar-refractivity contribution in [1.82, 2.24) is 9.88 Å². The van der Waals surface area contributed by atoms with Crippen LogP contribution in [0.1, 0.15) is 28.7 Å². The molecule has 6 rings (SSSR count). The van der Waals surface area contributed by atoms with Gasteiger partial charge in [0.15, 0.2) is 0 Å². The van der Waals surface area contributed by atoms with E-state index in [1.807, 2.05) is 30.6 Å². The van der Waals surface area contributed by atoms with Crippen molar-refractivity contribution < 1.29 is 9.21 Å². The molecule has 1 amide bonds. The van der Waals surface area contributed by atoms with E-state index in [2.05, 4.69) is 50.4 Å². The number of furan rings is 1. The molecule has 3 heterocycles. The van der Waals surface area contributed by atoms with Crippen molar-refractivity contribution in [2.75, 3.05) is 42.9 Å². The van der Waals surface area contributed by atoms with Gasteiger partial charge in [-0.05, 0) is 78.8 Å². The van der Waals surface area contributed by atoms with Gasteiger partial charge in [-0.25, -0.2) is 0 Å². The fourth-order valence-electron chi connectivity index (χ4n) is 5.56. The number of rotatable bonds is 7. The number of pyridine rings is 1. The van der Waals surface area contributed by atoms with Gasteiger partial charge < -0.3 is 14.6 Å². The summed E-state index contributed by atoms with van der Waals surface area (Å²) in [7, 11) is 0. The summed E-state index contributed by atoms with van der Waals surface area (Å²) in [6.45, 7) is 4.97. The highest BCUT2D eigenvalue weighted by Gasteiger charge is 2.21. The molecule has 1 N–H and O–H groups in total. The first-order valence-corrected chi connectivity index (χ1v) is 13.0. The molecule has 2 aromatic carbocycles. The number of benzene rings is 2. The van der Waals surface area contributed by atoms with Gasteiger partial charge in [0.1, 0.15) is 5.58 Å². The Hall–Kier alpha value is -3.64. The van der Waals surface area contributed by atoms with Crippen LogP contribution in [0.4, 0.5) is 11.4 Å². The minimum absolute atomic E-state index is 0.0124. The summed E-state index contributed by atoms with van der Waals surface area (Å²) in [5, 5.41) is 4.25. The summed E-state index contributed by atoms with van der Waals surface area (Å²) < 4.78 is 5.81. The number of aryl methyl sites for hydroxylation is 2. The van der Waals surface area contributed by atoms with E-state index in [0.717, 1.165) is 79.9 Å². The number of fused-ring (bicyclic) bond motifs is 2. The second kappa shape index (κ2) is 10.2. The molecule has 0 atom stereocenters. The van der Waals surface area contributed by atoms with Gasteiger partial charge in [0.2, 0.25) is 5.91 Å². The maximum atomic E-state index is 13.1. The number of amides is 1. The van der Waals surface area contributed by atoms with Crippen LogP contribution in [0.15, 0.2) is 71.6 Å². The van der Waals surface area contributed by atoms with Crippen molar-refractivity contribution in [3.8, 4) is 0 Å². The maximum absolute atomic E-state index is 13.1. The number of piperazine rings is 1. The first-order valence-electron chi connectivity index (χ1n) is 13.0. The van der Waals surface area contributed by atoms with Crippen molar-refractivity contribution in [2.45, 2.75) is 32.1 Å². The predicted molar refractivity (Wildman–Crippen MR) is 144 cm³/mol. The smallest absolute Gasteiger partial charge is 0.228 e. The fraction of sp³-hybridized carbons (Fsp3) is 0.333. The Morgan fingerprint density at radius 3 is 2.58 bits per heavy atom. The molecule has 2 aromatic heterocycles. The summed E-state index contributed by atoms with van der Waals surface area (Å²) in [6.07, 6.45) is 10.3. The van der Waals surface area contributed by atoms with E-state index < -0.39 is 0 Å². The molecule has 1 aliphatic carbocycles. The minimum atomic E-state index is -0.0124. The summed E-state index contributed by atoms with van der Waals surface area (Å²) >= 11 is 0. The average Bonchev–Trinajstić information content (AvgIpc) is 3.54. The first kappa shape index (κ1) is 22.8. The van der Waals surface area contributed by atoms with Gasteiger partial charge in [0.25, 0.3) is 0 Å². The molecule has 6 heteroatoms. The van der Waals surface area contributed by atoms with Crippen molar-refractivity contribution in [3.63, 3.8) is 0 Å². The molecular weight excluding hydrogens is 448 g/mol. The standard InChI is InChI=1S/C30H32N4O2/c35-30(20-25-21-36-29-19-24-5-3-4-23(24)18-26(25)29)32-27-6-1-2-7-28(27)34-16-14-33(15-17-34)13-10-22-8-11-31-12-9-22/h1-2,6-9,11-12,18-19,21H,3-5,10,13-17,20H2,(H,32,35). The molecule has 2 aliphatic rings. The number of nitrogens with one attached hydrogen (secondary N) is 1. The molecule has 184 valence electrons. The summed E-state index contributed by atoms with van der Waals surface area (Å²) in [5.41, 5.74) is 7.93. The topological polar surface area (TPSA) is 61.6 Å². The monoisotopic (exact) mass is 480 g/mol. The van der Waals surface area contributed by atoms with Crippen molar-refractivity contribution >= 4 is 28.3 Å².